The van der Waals surface area contributed by atoms with Gasteiger partial charge in [-0.05, 0) is 50.6 Å². The highest BCUT2D eigenvalue weighted by molar-refractivity contribution is 5.97. The van der Waals surface area contributed by atoms with Crippen LogP contribution in [-0.4, -0.2) is 60.5 Å². The van der Waals surface area contributed by atoms with Crippen LogP contribution in [0.2, 0.25) is 0 Å². The molecule has 26 heavy (non-hydrogen) atoms. The standard InChI is InChI=1S/C20H30N4O2/c1-4-22(5-2)17-10-12-23(14-17)20(26)21-18-13-16(9-8-15(18)3)24-11-6-7-19(24)25/h8-9,13,17H,4-7,10-12,14H2,1-3H3,(H,21,26)/t17-/m1/s1. The number of anilines is 2. The highest BCUT2D eigenvalue weighted by atomic mass is 16.2. The second-order valence-corrected chi connectivity index (χ2v) is 7.19. The fourth-order valence-corrected chi connectivity index (χ4v) is 3.99. The Morgan fingerprint density at radius 3 is 2.69 bits per heavy atom. The minimum Gasteiger partial charge on any atom is -0.323 e. The molecule has 2 aliphatic heterocycles. The zero-order valence-corrected chi connectivity index (χ0v) is 16.1. The fraction of sp³-hybridized carbons (Fsp3) is 0.600. The first-order valence-electron chi connectivity index (χ1n) is 9.74. The van der Waals surface area contributed by atoms with Crippen molar-refractivity contribution in [2.24, 2.45) is 0 Å². The van der Waals surface area contributed by atoms with Crippen LogP contribution in [0.5, 0.6) is 0 Å². The molecule has 0 aliphatic carbocycles. The lowest BCUT2D eigenvalue weighted by atomic mass is 10.1. The van der Waals surface area contributed by atoms with E-state index in [2.05, 4.69) is 24.1 Å². The topological polar surface area (TPSA) is 55.9 Å². The summed E-state index contributed by atoms with van der Waals surface area (Å²) in [7, 11) is 0. The van der Waals surface area contributed by atoms with Gasteiger partial charge in [0.05, 0.1) is 0 Å². The van der Waals surface area contributed by atoms with Crippen molar-refractivity contribution in [1.29, 1.82) is 0 Å². The molecule has 3 rings (SSSR count). The van der Waals surface area contributed by atoms with Crippen molar-refractivity contribution >= 4 is 23.3 Å². The van der Waals surface area contributed by atoms with Gasteiger partial charge in [-0.3, -0.25) is 9.69 Å². The summed E-state index contributed by atoms with van der Waals surface area (Å²) in [6.45, 7) is 10.7. The second kappa shape index (κ2) is 8.08. The van der Waals surface area contributed by atoms with Crippen molar-refractivity contribution in [1.82, 2.24) is 9.80 Å². The minimum absolute atomic E-state index is 0.0485. The summed E-state index contributed by atoms with van der Waals surface area (Å²) in [5.41, 5.74) is 2.67. The Kier molecular flexibility index (Phi) is 5.81. The van der Waals surface area contributed by atoms with E-state index >= 15 is 0 Å². The normalized spacial score (nSPS) is 20.3. The molecule has 0 spiro atoms. The number of likely N-dealkylation sites (N-methyl/N-ethyl adjacent to an activating group) is 1. The van der Waals surface area contributed by atoms with E-state index < -0.39 is 0 Å². The molecule has 0 radical (unpaired) electrons. The molecule has 2 fully saturated rings. The van der Waals surface area contributed by atoms with E-state index in [-0.39, 0.29) is 11.9 Å². The molecule has 1 atom stereocenters. The third kappa shape index (κ3) is 3.85. The number of hydrogen-bond donors (Lipinski definition) is 1. The quantitative estimate of drug-likeness (QED) is 0.880. The number of likely N-dealkylation sites (tertiary alicyclic amines) is 1. The van der Waals surface area contributed by atoms with Gasteiger partial charge in [-0.1, -0.05) is 19.9 Å². The third-order valence-corrected chi connectivity index (χ3v) is 5.63. The Balaban J connectivity index is 1.67. The molecule has 1 N–H and O–H groups in total. The summed E-state index contributed by atoms with van der Waals surface area (Å²) in [6.07, 6.45) is 2.53. The van der Waals surface area contributed by atoms with Gasteiger partial charge in [-0.15, -0.1) is 0 Å². The lowest BCUT2D eigenvalue weighted by Crippen LogP contribution is -2.39. The average molecular weight is 358 g/mol. The van der Waals surface area contributed by atoms with Gasteiger partial charge in [0.15, 0.2) is 0 Å². The smallest absolute Gasteiger partial charge is 0.321 e. The Labute approximate surface area is 156 Å². The van der Waals surface area contributed by atoms with Gasteiger partial charge < -0.3 is 15.1 Å². The monoisotopic (exact) mass is 358 g/mol. The SMILES string of the molecule is CCN(CC)[C@@H]1CCN(C(=O)Nc2cc(N3CCCC3=O)ccc2C)C1. The lowest BCUT2D eigenvalue weighted by Gasteiger charge is -2.26. The van der Waals surface area contributed by atoms with Crippen LogP contribution in [0, 0.1) is 6.92 Å². The van der Waals surface area contributed by atoms with Crippen LogP contribution >= 0.6 is 0 Å². The van der Waals surface area contributed by atoms with Gasteiger partial charge in [0.2, 0.25) is 5.91 Å². The van der Waals surface area contributed by atoms with E-state index in [1.54, 1.807) is 4.90 Å². The summed E-state index contributed by atoms with van der Waals surface area (Å²) in [6, 6.07) is 6.26. The maximum absolute atomic E-state index is 12.7. The Bertz CT molecular complexity index is 672. The molecule has 0 bridgehead atoms. The van der Waals surface area contributed by atoms with Crippen LogP contribution in [0.4, 0.5) is 16.2 Å². The van der Waals surface area contributed by atoms with Crippen LogP contribution in [0.25, 0.3) is 0 Å². The van der Waals surface area contributed by atoms with Gasteiger partial charge >= 0.3 is 6.03 Å². The highest BCUT2D eigenvalue weighted by Gasteiger charge is 2.29. The van der Waals surface area contributed by atoms with Crippen LogP contribution in [-0.2, 0) is 4.79 Å². The number of carbonyl (C=O) groups is 2. The number of hydrogen-bond acceptors (Lipinski definition) is 3. The van der Waals surface area contributed by atoms with Gasteiger partial charge in [-0.25, -0.2) is 4.79 Å². The van der Waals surface area contributed by atoms with Gasteiger partial charge in [0.25, 0.3) is 0 Å². The molecule has 0 unspecified atom stereocenters. The molecule has 1 aromatic carbocycles. The molecular weight excluding hydrogens is 328 g/mol. The highest BCUT2D eigenvalue weighted by Crippen LogP contribution is 2.27. The second-order valence-electron chi connectivity index (χ2n) is 7.19. The van der Waals surface area contributed by atoms with Crippen LogP contribution in [0.15, 0.2) is 18.2 Å². The van der Waals surface area contributed by atoms with Crippen molar-refractivity contribution in [3.8, 4) is 0 Å². The molecule has 2 heterocycles. The minimum atomic E-state index is -0.0485. The van der Waals surface area contributed by atoms with E-state index in [0.717, 1.165) is 62.5 Å². The van der Waals surface area contributed by atoms with Crippen LogP contribution in [0.3, 0.4) is 0 Å². The first-order valence-corrected chi connectivity index (χ1v) is 9.74. The molecule has 6 nitrogen and oxygen atoms in total. The molecule has 2 aliphatic rings. The summed E-state index contributed by atoms with van der Waals surface area (Å²) in [4.78, 5) is 30.8. The number of carbonyl (C=O) groups excluding carboxylic acids is 2. The molecule has 0 saturated carbocycles. The van der Waals surface area contributed by atoms with Gasteiger partial charge in [0, 0.05) is 43.5 Å². The third-order valence-electron chi connectivity index (χ3n) is 5.63. The van der Waals surface area contributed by atoms with Crippen LogP contribution < -0.4 is 10.2 Å². The van der Waals surface area contributed by atoms with Crippen molar-refractivity contribution in [2.75, 3.05) is 42.9 Å². The van der Waals surface area contributed by atoms with E-state index in [4.69, 9.17) is 0 Å². The summed E-state index contributed by atoms with van der Waals surface area (Å²) >= 11 is 0. The van der Waals surface area contributed by atoms with E-state index in [1.165, 1.54) is 0 Å². The number of rotatable bonds is 5. The maximum atomic E-state index is 12.7. The average Bonchev–Trinajstić information content (AvgIpc) is 3.27. The molecule has 1 aromatic rings. The fourth-order valence-electron chi connectivity index (χ4n) is 3.99. The van der Waals surface area contributed by atoms with E-state index in [0.29, 0.717) is 12.5 Å². The molecular formula is C20H30N4O2. The molecule has 6 heteroatoms. The predicted octanol–water partition coefficient (Wildman–Crippen LogP) is 3.07. The summed E-state index contributed by atoms with van der Waals surface area (Å²) < 4.78 is 0. The van der Waals surface area contributed by atoms with E-state index in [9.17, 15) is 9.59 Å². The first kappa shape index (κ1) is 18.7. The Morgan fingerprint density at radius 1 is 1.27 bits per heavy atom. The summed E-state index contributed by atoms with van der Waals surface area (Å²) in [5, 5.41) is 3.06. The number of amides is 3. The lowest BCUT2D eigenvalue weighted by molar-refractivity contribution is -0.117. The number of urea groups is 1. The van der Waals surface area contributed by atoms with Gasteiger partial charge in [-0.2, -0.15) is 0 Å². The largest absolute Gasteiger partial charge is 0.323 e. The van der Waals surface area contributed by atoms with Gasteiger partial charge in [0.1, 0.15) is 0 Å². The number of benzene rings is 1. The first-order chi connectivity index (χ1) is 12.5. The van der Waals surface area contributed by atoms with Crippen molar-refractivity contribution < 1.29 is 9.59 Å². The molecule has 142 valence electrons. The predicted molar refractivity (Wildman–Crippen MR) is 105 cm³/mol. The number of aryl methyl sites for hydroxylation is 1. The van der Waals surface area contributed by atoms with Crippen LogP contribution in [0.1, 0.15) is 38.7 Å². The Hall–Kier alpha value is -2.08. The van der Waals surface area contributed by atoms with Crippen molar-refractivity contribution in [3.05, 3.63) is 23.8 Å². The zero-order chi connectivity index (χ0) is 18.7. The van der Waals surface area contributed by atoms with Crippen molar-refractivity contribution in [3.63, 3.8) is 0 Å². The maximum Gasteiger partial charge on any atom is 0.321 e. The van der Waals surface area contributed by atoms with Crippen molar-refractivity contribution in [2.45, 2.75) is 46.1 Å². The number of nitrogens with zero attached hydrogens (tertiary/aromatic N) is 3. The zero-order valence-electron chi connectivity index (χ0n) is 16.1. The molecule has 0 aromatic heterocycles. The van der Waals surface area contributed by atoms with E-state index in [1.807, 2.05) is 30.0 Å². The Morgan fingerprint density at radius 2 is 2.04 bits per heavy atom. The molecule has 3 amide bonds. The molecule has 2 saturated heterocycles. The summed E-state index contributed by atoms with van der Waals surface area (Å²) in [5.74, 6) is 0.160. The number of nitrogens with one attached hydrogen (secondary N) is 1.